The molecule has 0 aromatic rings. The van der Waals surface area contributed by atoms with Gasteiger partial charge in [-0.2, -0.15) is 0 Å². The van der Waals surface area contributed by atoms with E-state index in [1.54, 1.807) is 13.8 Å². The molecule has 10 nitrogen and oxygen atoms in total. The zero-order valence-electron chi connectivity index (χ0n) is 23.7. The maximum Gasteiger partial charge on any atom is 0.412 e. The summed E-state index contributed by atoms with van der Waals surface area (Å²) in [7, 11) is 0. The van der Waals surface area contributed by atoms with Gasteiger partial charge in [0.15, 0.2) is 22.7 Å². The van der Waals surface area contributed by atoms with Crippen LogP contribution in [0.3, 0.4) is 0 Å². The van der Waals surface area contributed by atoms with Crippen molar-refractivity contribution < 1.29 is 29.3 Å². The average molecular weight is 511 g/mol. The van der Waals surface area contributed by atoms with Gasteiger partial charge >= 0.3 is 12.2 Å². The maximum absolute atomic E-state index is 13.1. The zero-order valence-corrected chi connectivity index (χ0v) is 23.7. The van der Waals surface area contributed by atoms with E-state index in [0.717, 1.165) is 0 Å². The molecule has 4 saturated heterocycles. The van der Waals surface area contributed by atoms with Crippen molar-refractivity contribution in [3.8, 4) is 0 Å². The number of carbonyl (C=O) groups is 2. The molecular weight excluding hydrogens is 464 g/mol. The number of amides is 2. The van der Waals surface area contributed by atoms with Crippen LogP contribution in [-0.4, -0.2) is 90.1 Å². The second-order valence-electron chi connectivity index (χ2n) is 14.6. The summed E-state index contributed by atoms with van der Waals surface area (Å²) in [5, 5.41) is 30.6. The highest BCUT2D eigenvalue weighted by atomic mass is 16.6. The SMILES string of the molecule is CC1(C)CC2(CC(C)(C)N1)OC(=O)N(CCN1C(=O)OC3(CC(C)(C)NC(C)(C)C3)[C@@]1(C)O)[C@]2(C)O. The number of aliphatic hydroxyl groups is 2. The van der Waals surface area contributed by atoms with Crippen molar-refractivity contribution in [1.29, 1.82) is 0 Å². The fourth-order valence-corrected chi connectivity index (χ4v) is 8.11. The summed E-state index contributed by atoms with van der Waals surface area (Å²) in [6.45, 7) is 19.4. The van der Waals surface area contributed by atoms with Crippen molar-refractivity contribution in [1.82, 2.24) is 20.4 Å². The number of carbonyl (C=O) groups excluding carboxylic acids is 2. The van der Waals surface area contributed by atoms with Crippen LogP contribution in [0.1, 0.15) is 94.9 Å². The van der Waals surface area contributed by atoms with E-state index in [-0.39, 0.29) is 35.2 Å². The van der Waals surface area contributed by atoms with Crippen molar-refractivity contribution in [2.75, 3.05) is 13.1 Å². The topological polar surface area (TPSA) is 124 Å². The number of piperidine rings is 2. The molecule has 10 heteroatoms. The largest absolute Gasteiger partial charge is 0.437 e. The first-order valence-electron chi connectivity index (χ1n) is 13.0. The van der Waals surface area contributed by atoms with E-state index in [1.165, 1.54) is 9.80 Å². The summed E-state index contributed by atoms with van der Waals surface area (Å²) in [6, 6.07) is 0. The minimum Gasteiger partial charge on any atom is -0.437 e. The standard InChI is InChI=1S/C26H46N4O6/c1-19(2)13-25(14-20(3,4)27-19)23(9,33)29(17(31)35-25)11-12-30-18(32)36-26(24(30,10)34)15-21(5,6)28-22(7,8)16-26/h27-28,33-34H,11-16H2,1-10H3/t23-,24-/m1/s1. The van der Waals surface area contributed by atoms with Gasteiger partial charge in [0, 0.05) is 60.9 Å². The second-order valence-corrected chi connectivity index (χ2v) is 14.6. The Labute approximate surface area is 215 Å². The van der Waals surface area contributed by atoms with Crippen LogP contribution in [-0.2, 0) is 9.47 Å². The average Bonchev–Trinajstić information content (AvgIpc) is 2.84. The number of rotatable bonds is 3. The fraction of sp³-hybridized carbons (Fsp3) is 0.923. The summed E-state index contributed by atoms with van der Waals surface area (Å²) < 4.78 is 11.9. The Morgan fingerprint density at radius 3 is 1.11 bits per heavy atom. The van der Waals surface area contributed by atoms with E-state index in [9.17, 15) is 19.8 Å². The van der Waals surface area contributed by atoms with Crippen LogP contribution >= 0.6 is 0 Å². The lowest BCUT2D eigenvalue weighted by Crippen LogP contribution is -2.71. The molecule has 4 N–H and O–H groups in total. The molecule has 0 bridgehead atoms. The van der Waals surface area contributed by atoms with E-state index in [4.69, 9.17) is 9.47 Å². The van der Waals surface area contributed by atoms with Crippen molar-refractivity contribution in [3.05, 3.63) is 0 Å². The Balaban J connectivity index is 1.57. The minimum absolute atomic E-state index is 0.00572. The van der Waals surface area contributed by atoms with E-state index >= 15 is 0 Å². The molecule has 0 aromatic heterocycles. The first-order chi connectivity index (χ1) is 16.0. The van der Waals surface area contributed by atoms with Gasteiger partial charge < -0.3 is 30.3 Å². The molecule has 4 rings (SSSR count). The molecule has 4 aliphatic heterocycles. The van der Waals surface area contributed by atoms with Crippen LogP contribution in [0.25, 0.3) is 0 Å². The zero-order chi connectivity index (χ0) is 27.4. The van der Waals surface area contributed by atoms with Crippen molar-refractivity contribution in [2.24, 2.45) is 0 Å². The van der Waals surface area contributed by atoms with Gasteiger partial charge in [-0.05, 0) is 69.2 Å². The molecule has 0 aromatic carbocycles. The summed E-state index contributed by atoms with van der Waals surface area (Å²) in [5.41, 5.74) is -6.91. The van der Waals surface area contributed by atoms with Gasteiger partial charge in [-0.1, -0.05) is 0 Å². The van der Waals surface area contributed by atoms with Gasteiger partial charge in [0.2, 0.25) is 0 Å². The molecule has 4 heterocycles. The highest BCUT2D eigenvalue weighted by Gasteiger charge is 2.69. The van der Waals surface area contributed by atoms with Gasteiger partial charge in [0.05, 0.1) is 0 Å². The predicted molar refractivity (Wildman–Crippen MR) is 134 cm³/mol. The van der Waals surface area contributed by atoms with Crippen LogP contribution in [0.15, 0.2) is 0 Å². The quantitative estimate of drug-likeness (QED) is 0.457. The van der Waals surface area contributed by atoms with E-state index < -0.39 is 34.8 Å². The Morgan fingerprint density at radius 1 is 0.611 bits per heavy atom. The molecule has 4 aliphatic rings. The molecule has 0 unspecified atom stereocenters. The lowest BCUT2D eigenvalue weighted by atomic mass is 9.68. The second kappa shape index (κ2) is 7.48. The highest BCUT2D eigenvalue weighted by molar-refractivity contribution is 5.74. The lowest BCUT2D eigenvalue weighted by molar-refractivity contribution is -0.189. The van der Waals surface area contributed by atoms with Crippen LogP contribution in [0.2, 0.25) is 0 Å². The summed E-state index contributed by atoms with van der Waals surface area (Å²) >= 11 is 0. The Kier molecular flexibility index (Phi) is 5.70. The molecule has 36 heavy (non-hydrogen) atoms. The van der Waals surface area contributed by atoms with E-state index in [2.05, 4.69) is 10.6 Å². The highest BCUT2D eigenvalue weighted by Crippen LogP contribution is 2.52. The van der Waals surface area contributed by atoms with Crippen LogP contribution in [0.4, 0.5) is 9.59 Å². The van der Waals surface area contributed by atoms with Crippen LogP contribution in [0, 0.1) is 0 Å². The Hall–Kier alpha value is -1.62. The fourth-order valence-electron chi connectivity index (χ4n) is 8.11. The smallest absolute Gasteiger partial charge is 0.412 e. The number of nitrogens with one attached hydrogen (secondary N) is 2. The first kappa shape index (κ1) is 27.4. The Bertz CT molecular complexity index is 846. The third kappa shape index (κ3) is 4.18. The molecule has 2 spiro atoms. The summed E-state index contributed by atoms with van der Waals surface area (Å²) in [6.07, 6.45) is 0.481. The third-order valence-corrected chi connectivity index (χ3v) is 8.59. The third-order valence-electron chi connectivity index (χ3n) is 8.59. The molecule has 0 aliphatic carbocycles. The van der Waals surface area contributed by atoms with Gasteiger partial charge in [0.25, 0.3) is 0 Å². The van der Waals surface area contributed by atoms with Gasteiger partial charge in [-0.15, -0.1) is 0 Å². The Morgan fingerprint density at radius 2 is 0.861 bits per heavy atom. The molecule has 2 amide bonds. The normalized spacial score (nSPS) is 37.3. The lowest BCUT2D eigenvalue weighted by Gasteiger charge is -2.54. The van der Waals surface area contributed by atoms with Crippen LogP contribution in [0.5, 0.6) is 0 Å². The molecule has 4 fully saturated rings. The van der Waals surface area contributed by atoms with E-state index in [1.807, 2.05) is 55.4 Å². The van der Waals surface area contributed by atoms with Crippen LogP contribution < -0.4 is 10.6 Å². The predicted octanol–water partition coefficient (Wildman–Crippen LogP) is 2.67. The molecule has 0 radical (unpaired) electrons. The number of hydrogen-bond acceptors (Lipinski definition) is 8. The summed E-state index contributed by atoms with van der Waals surface area (Å²) in [5.74, 6) is 0. The van der Waals surface area contributed by atoms with Gasteiger partial charge in [-0.25, -0.2) is 9.59 Å². The van der Waals surface area contributed by atoms with Gasteiger partial charge in [-0.3, -0.25) is 9.80 Å². The summed E-state index contributed by atoms with van der Waals surface area (Å²) in [4.78, 5) is 28.8. The van der Waals surface area contributed by atoms with E-state index in [0.29, 0.717) is 25.7 Å². The number of nitrogens with zero attached hydrogens (tertiary/aromatic N) is 2. The molecule has 2 atom stereocenters. The molecular formula is C26H46N4O6. The number of ether oxygens (including phenoxy) is 2. The minimum atomic E-state index is -1.60. The molecule has 0 saturated carbocycles. The first-order valence-corrected chi connectivity index (χ1v) is 13.0. The maximum atomic E-state index is 13.1. The molecule has 206 valence electrons. The van der Waals surface area contributed by atoms with Gasteiger partial charge in [0.1, 0.15) is 0 Å². The monoisotopic (exact) mass is 510 g/mol. The van der Waals surface area contributed by atoms with Crippen molar-refractivity contribution in [2.45, 2.75) is 140 Å². The van der Waals surface area contributed by atoms with Crippen molar-refractivity contribution in [3.63, 3.8) is 0 Å². The number of hydrogen-bond donors (Lipinski definition) is 4. The van der Waals surface area contributed by atoms with Crippen molar-refractivity contribution >= 4 is 12.2 Å².